The molecule has 27 heavy (non-hydrogen) atoms. The lowest BCUT2D eigenvalue weighted by atomic mass is 10.1. The number of hydrogen-bond donors (Lipinski definition) is 1. The summed E-state index contributed by atoms with van der Waals surface area (Å²) in [6.45, 7) is 10.2. The first-order valence-electron chi connectivity index (χ1n) is 9.16. The van der Waals surface area contributed by atoms with E-state index in [1.54, 1.807) is 37.2 Å². The molecule has 1 aromatic rings. The normalized spacial score (nSPS) is 11.3. The van der Waals surface area contributed by atoms with Crippen molar-refractivity contribution in [3.63, 3.8) is 0 Å². The minimum Gasteiger partial charge on any atom is -0.491 e. The SMILES string of the molecule is CC(C)N(C)C(=O)c1cccc(N)c1OCCCN(C)C(=O)OC(C)(C)C. The van der Waals surface area contributed by atoms with Gasteiger partial charge in [-0.2, -0.15) is 0 Å². The van der Waals surface area contributed by atoms with E-state index in [0.717, 1.165) is 0 Å². The maximum absolute atomic E-state index is 12.6. The molecule has 0 aliphatic carbocycles. The number of nitrogens with zero attached hydrogens (tertiary/aromatic N) is 2. The topological polar surface area (TPSA) is 85.1 Å². The van der Waals surface area contributed by atoms with Crippen molar-refractivity contribution in [3.05, 3.63) is 23.8 Å². The first-order valence-corrected chi connectivity index (χ1v) is 9.16. The fourth-order valence-corrected chi connectivity index (χ4v) is 2.22. The van der Waals surface area contributed by atoms with Crippen LogP contribution in [0.2, 0.25) is 0 Å². The highest BCUT2D eigenvalue weighted by Gasteiger charge is 2.21. The third-order valence-electron chi connectivity index (χ3n) is 3.96. The number of ether oxygens (including phenoxy) is 2. The second-order valence-corrected chi connectivity index (χ2v) is 7.84. The highest BCUT2D eigenvalue weighted by molar-refractivity contribution is 5.98. The van der Waals surface area contributed by atoms with Gasteiger partial charge in [0.15, 0.2) is 5.75 Å². The average Bonchev–Trinajstić information content (AvgIpc) is 2.56. The Balaban J connectivity index is 2.68. The van der Waals surface area contributed by atoms with Crippen molar-refractivity contribution in [2.75, 3.05) is 33.0 Å². The first kappa shape index (κ1) is 22.6. The van der Waals surface area contributed by atoms with Crippen LogP contribution in [0.25, 0.3) is 0 Å². The lowest BCUT2D eigenvalue weighted by Crippen LogP contribution is -2.35. The Labute approximate surface area is 162 Å². The summed E-state index contributed by atoms with van der Waals surface area (Å²) >= 11 is 0. The van der Waals surface area contributed by atoms with E-state index < -0.39 is 5.60 Å². The monoisotopic (exact) mass is 379 g/mol. The number of amides is 2. The largest absolute Gasteiger partial charge is 0.491 e. The van der Waals surface area contributed by atoms with Gasteiger partial charge in [0.05, 0.1) is 17.9 Å². The average molecular weight is 380 g/mol. The zero-order valence-corrected chi connectivity index (χ0v) is 17.5. The molecule has 0 aliphatic heterocycles. The van der Waals surface area contributed by atoms with Gasteiger partial charge in [-0.3, -0.25) is 4.79 Å². The zero-order valence-electron chi connectivity index (χ0n) is 17.5. The molecule has 0 heterocycles. The molecule has 0 fully saturated rings. The van der Waals surface area contributed by atoms with Gasteiger partial charge in [-0.15, -0.1) is 0 Å². The summed E-state index contributed by atoms with van der Waals surface area (Å²) in [5.41, 5.74) is 6.34. The Morgan fingerprint density at radius 2 is 1.81 bits per heavy atom. The van der Waals surface area contributed by atoms with E-state index in [2.05, 4.69) is 0 Å². The molecule has 0 saturated heterocycles. The standard InChI is InChI=1S/C20H33N3O4/c1-14(2)23(7)18(24)15-10-8-11-16(21)17(15)26-13-9-12-22(6)19(25)27-20(3,4)5/h8,10-11,14H,9,12-13,21H2,1-7H3. The summed E-state index contributed by atoms with van der Waals surface area (Å²) in [6.07, 6.45) is 0.203. The van der Waals surface area contributed by atoms with Gasteiger partial charge in [-0.1, -0.05) is 6.07 Å². The molecule has 0 aliphatic rings. The van der Waals surface area contributed by atoms with Crippen molar-refractivity contribution in [2.45, 2.75) is 52.7 Å². The van der Waals surface area contributed by atoms with Gasteiger partial charge in [0.25, 0.3) is 5.91 Å². The third kappa shape index (κ3) is 7.00. The number of carbonyl (C=O) groups excluding carboxylic acids is 2. The third-order valence-corrected chi connectivity index (χ3v) is 3.96. The number of rotatable bonds is 7. The lowest BCUT2D eigenvalue weighted by molar-refractivity contribution is 0.0292. The van der Waals surface area contributed by atoms with Crippen LogP contribution >= 0.6 is 0 Å². The predicted molar refractivity (Wildman–Crippen MR) is 107 cm³/mol. The van der Waals surface area contributed by atoms with Gasteiger partial charge >= 0.3 is 6.09 Å². The first-order chi connectivity index (χ1) is 12.4. The van der Waals surface area contributed by atoms with Gasteiger partial charge < -0.3 is 25.0 Å². The number of benzene rings is 1. The van der Waals surface area contributed by atoms with Crippen molar-refractivity contribution in [2.24, 2.45) is 0 Å². The molecule has 0 spiro atoms. The van der Waals surface area contributed by atoms with Crippen molar-refractivity contribution in [1.29, 1.82) is 0 Å². The van der Waals surface area contributed by atoms with E-state index in [9.17, 15) is 9.59 Å². The Morgan fingerprint density at radius 1 is 1.19 bits per heavy atom. The number of hydrogen-bond acceptors (Lipinski definition) is 5. The Kier molecular flexibility index (Phi) is 7.94. The van der Waals surface area contributed by atoms with Gasteiger partial charge in [-0.05, 0) is 53.2 Å². The van der Waals surface area contributed by atoms with Crippen molar-refractivity contribution >= 4 is 17.7 Å². The van der Waals surface area contributed by atoms with Gasteiger partial charge in [0, 0.05) is 26.7 Å². The van der Waals surface area contributed by atoms with Crippen LogP contribution in [-0.2, 0) is 4.74 Å². The maximum Gasteiger partial charge on any atom is 0.410 e. The smallest absolute Gasteiger partial charge is 0.410 e. The Hall–Kier alpha value is -2.44. The summed E-state index contributed by atoms with van der Waals surface area (Å²) in [4.78, 5) is 27.7. The van der Waals surface area contributed by atoms with E-state index >= 15 is 0 Å². The van der Waals surface area contributed by atoms with Crippen LogP contribution in [0.3, 0.4) is 0 Å². The number of carbonyl (C=O) groups is 2. The molecule has 0 bridgehead atoms. The summed E-state index contributed by atoms with van der Waals surface area (Å²) in [5.74, 6) is 0.244. The molecule has 7 nitrogen and oxygen atoms in total. The summed E-state index contributed by atoms with van der Waals surface area (Å²) in [5, 5.41) is 0. The molecule has 1 aromatic carbocycles. The fourth-order valence-electron chi connectivity index (χ4n) is 2.22. The minimum absolute atomic E-state index is 0.0641. The second kappa shape index (κ2) is 9.48. The number of para-hydroxylation sites is 1. The van der Waals surface area contributed by atoms with Crippen LogP contribution in [0, 0.1) is 0 Å². The van der Waals surface area contributed by atoms with Crippen LogP contribution < -0.4 is 10.5 Å². The van der Waals surface area contributed by atoms with E-state index in [-0.39, 0.29) is 18.0 Å². The Morgan fingerprint density at radius 3 is 2.37 bits per heavy atom. The molecule has 0 radical (unpaired) electrons. The summed E-state index contributed by atoms with van der Waals surface area (Å²) in [6, 6.07) is 5.21. The molecule has 2 amide bonds. The highest BCUT2D eigenvalue weighted by Crippen LogP contribution is 2.28. The minimum atomic E-state index is -0.530. The van der Waals surface area contributed by atoms with E-state index in [1.807, 2.05) is 34.6 Å². The molecule has 0 aromatic heterocycles. The molecule has 0 atom stereocenters. The van der Waals surface area contributed by atoms with E-state index in [0.29, 0.717) is 36.6 Å². The summed E-state index contributed by atoms with van der Waals surface area (Å²) < 4.78 is 11.1. The second-order valence-electron chi connectivity index (χ2n) is 7.84. The lowest BCUT2D eigenvalue weighted by Gasteiger charge is -2.25. The molecule has 7 heteroatoms. The quantitative estimate of drug-likeness (QED) is 0.580. The molecular formula is C20H33N3O4. The molecule has 0 saturated carbocycles. The molecule has 2 N–H and O–H groups in total. The van der Waals surface area contributed by atoms with Crippen LogP contribution in [0.15, 0.2) is 18.2 Å². The van der Waals surface area contributed by atoms with Gasteiger partial charge in [0.2, 0.25) is 0 Å². The predicted octanol–water partition coefficient (Wildman–Crippen LogP) is 3.39. The van der Waals surface area contributed by atoms with Gasteiger partial charge in [-0.25, -0.2) is 4.79 Å². The molecule has 152 valence electrons. The number of nitrogens with two attached hydrogens (primary N) is 1. The number of anilines is 1. The van der Waals surface area contributed by atoms with Crippen LogP contribution in [0.4, 0.5) is 10.5 Å². The number of nitrogen functional groups attached to an aromatic ring is 1. The fraction of sp³-hybridized carbons (Fsp3) is 0.600. The van der Waals surface area contributed by atoms with Crippen LogP contribution in [0.5, 0.6) is 5.75 Å². The van der Waals surface area contributed by atoms with Crippen LogP contribution in [-0.4, -0.2) is 60.7 Å². The molecule has 1 rings (SSSR count). The molecule has 0 unspecified atom stereocenters. The molecular weight excluding hydrogens is 346 g/mol. The van der Waals surface area contributed by atoms with Crippen LogP contribution in [0.1, 0.15) is 51.4 Å². The van der Waals surface area contributed by atoms with Crippen molar-refractivity contribution < 1.29 is 19.1 Å². The van der Waals surface area contributed by atoms with Crippen molar-refractivity contribution in [1.82, 2.24) is 9.80 Å². The van der Waals surface area contributed by atoms with E-state index in [1.165, 1.54) is 4.90 Å². The van der Waals surface area contributed by atoms with Gasteiger partial charge in [0.1, 0.15) is 5.60 Å². The van der Waals surface area contributed by atoms with Crippen molar-refractivity contribution in [3.8, 4) is 5.75 Å². The highest BCUT2D eigenvalue weighted by atomic mass is 16.6. The maximum atomic E-state index is 12.6. The summed E-state index contributed by atoms with van der Waals surface area (Å²) in [7, 11) is 3.42. The van der Waals surface area contributed by atoms with E-state index in [4.69, 9.17) is 15.2 Å². The zero-order chi connectivity index (χ0) is 20.8. The Bertz CT molecular complexity index is 653.